The first-order chi connectivity index (χ1) is 14.1. The van der Waals surface area contributed by atoms with E-state index in [1.54, 1.807) is 19.3 Å². The Labute approximate surface area is 168 Å². The standard InChI is InChI=1S/C23H20O6/c1-26-20-11-7-6-10-17(20)14-19(16-8-4-3-5-9-16)22(24)28-15-18-12-13-21(29-18)23(25)27-2/h3-14H,15H2,1-2H3/b19-14+. The summed E-state index contributed by atoms with van der Waals surface area (Å²) in [5.41, 5.74) is 1.82. The molecule has 0 atom stereocenters. The van der Waals surface area contributed by atoms with Gasteiger partial charge in [-0.15, -0.1) is 0 Å². The van der Waals surface area contributed by atoms with Crippen LogP contribution in [0.1, 0.15) is 27.4 Å². The molecule has 0 amide bonds. The number of benzene rings is 2. The van der Waals surface area contributed by atoms with Crippen LogP contribution in [0.5, 0.6) is 5.75 Å². The van der Waals surface area contributed by atoms with E-state index >= 15 is 0 Å². The largest absolute Gasteiger partial charge is 0.496 e. The molecule has 3 aromatic rings. The van der Waals surface area contributed by atoms with Crippen LogP contribution in [-0.4, -0.2) is 26.2 Å². The molecular weight excluding hydrogens is 372 g/mol. The number of hydrogen-bond donors (Lipinski definition) is 0. The van der Waals surface area contributed by atoms with Crippen LogP contribution in [-0.2, 0) is 20.9 Å². The summed E-state index contributed by atoms with van der Waals surface area (Å²) < 4.78 is 20.7. The van der Waals surface area contributed by atoms with Crippen LogP contribution in [0.4, 0.5) is 0 Å². The molecule has 0 unspecified atom stereocenters. The van der Waals surface area contributed by atoms with E-state index in [0.717, 1.165) is 5.56 Å². The first kappa shape index (κ1) is 19.9. The summed E-state index contributed by atoms with van der Waals surface area (Å²) in [6.45, 7) is -0.119. The molecule has 0 aliphatic heterocycles. The molecule has 2 aromatic carbocycles. The van der Waals surface area contributed by atoms with Crippen molar-refractivity contribution < 1.29 is 28.2 Å². The number of ether oxygens (including phenoxy) is 3. The fourth-order valence-corrected chi connectivity index (χ4v) is 2.70. The second kappa shape index (κ2) is 9.41. The van der Waals surface area contributed by atoms with Crippen molar-refractivity contribution in [3.63, 3.8) is 0 Å². The predicted octanol–water partition coefficient (Wildman–Crippen LogP) is 4.36. The van der Waals surface area contributed by atoms with Gasteiger partial charge in [-0.25, -0.2) is 9.59 Å². The summed E-state index contributed by atoms with van der Waals surface area (Å²) in [5, 5.41) is 0. The maximum atomic E-state index is 12.9. The Morgan fingerprint density at radius 2 is 1.66 bits per heavy atom. The average Bonchev–Trinajstić information content (AvgIpc) is 3.25. The van der Waals surface area contributed by atoms with Crippen LogP contribution in [0.25, 0.3) is 11.6 Å². The molecule has 0 aliphatic carbocycles. The van der Waals surface area contributed by atoms with Gasteiger partial charge in [0.15, 0.2) is 0 Å². The van der Waals surface area contributed by atoms with Gasteiger partial charge in [0, 0.05) is 5.56 Å². The molecule has 0 spiro atoms. The van der Waals surface area contributed by atoms with Gasteiger partial charge >= 0.3 is 11.9 Å². The smallest absolute Gasteiger partial charge is 0.373 e. The zero-order chi connectivity index (χ0) is 20.6. The number of para-hydroxylation sites is 1. The zero-order valence-corrected chi connectivity index (χ0v) is 16.1. The number of methoxy groups -OCH3 is 2. The summed E-state index contributed by atoms with van der Waals surface area (Å²) in [6.07, 6.45) is 1.72. The lowest BCUT2D eigenvalue weighted by atomic mass is 10.0. The molecule has 1 aromatic heterocycles. The average molecular weight is 392 g/mol. The van der Waals surface area contributed by atoms with Crippen molar-refractivity contribution >= 4 is 23.6 Å². The van der Waals surface area contributed by atoms with Gasteiger partial charge < -0.3 is 18.6 Å². The van der Waals surface area contributed by atoms with Gasteiger partial charge in [0.25, 0.3) is 0 Å². The highest BCUT2D eigenvalue weighted by atomic mass is 16.6. The monoisotopic (exact) mass is 392 g/mol. The highest BCUT2D eigenvalue weighted by molar-refractivity contribution is 6.21. The van der Waals surface area contributed by atoms with Crippen molar-refractivity contribution in [1.82, 2.24) is 0 Å². The highest BCUT2D eigenvalue weighted by Gasteiger charge is 2.17. The number of furan rings is 1. The van der Waals surface area contributed by atoms with Gasteiger partial charge in [0.05, 0.1) is 19.8 Å². The molecule has 0 radical (unpaired) electrons. The third-order valence-electron chi connectivity index (χ3n) is 4.14. The van der Waals surface area contributed by atoms with Crippen LogP contribution in [0.3, 0.4) is 0 Å². The fourth-order valence-electron chi connectivity index (χ4n) is 2.70. The van der Waals surface area contributed by atoms with Crippen molar-refractivity contribution in [2.75, 3.05) is 14.2 Å². The molecule has 0 fully saturated rings. The van der Waals surface area contributed by atoms with Crippen molar-refractivity contribution in [1.29, 1.82) is 0 Å². The van der Waals surface area contributed by atoms with Gasteiger partial charge in [0.2, 0.25) is 5.76 Å². The van der Waals surface area contributed by atoms with E-state index in [1.165, 1.54) is 13.2 Å². The minimum absolute atomic E-state index is 0.0476. The molecule has 0 saturated heterocycles. The van der Waals surface area contributed by atoms with Crippen LogP contribution in [0.15, 0.2) is 71.1 Å². The lowest BCUT2D eigenvalue weighted by molar-refractivity contribution is -0.138. The third-order valence-corrected chi connectivity index (χ3v) is 4.14. The van der Waals surface area contributed by atoms with Gasteiger partial charge in [-0.05, 0) is 29.8 Å². The number of rotatable bonds is 7. The minimum atomic E-state index is -0.594. The van der Waals surface area contributed by atoms with E-state index in [4.69, 9.17) is 13.9 Å². The maximum Gasteiger partial charge on any atom is 0.373 e. The van der Waals surface area contributed by atoms with Crippen molar-refractivity contribution in [2.24, 2.45) is 0 Å². The quantitative estimate of drug-likeness (QED) is 0.338. The van der Waals surface area contributed by atoms with E-state index in [0.29, 0.717) is 22.6 Å². The van der Waals surface area contributed by atoms with E-state index < -0.39 is 11.9 Å². The second-order valence-electron chi connectivity index (χ2n) is 6.00. The normalized spacial score (nSPS) is 11.0. The number of hydrogen-bond acceptors (Lipinski definition) is 6. The SMILES string of the molecule is COC(=O)c1ccc(COC(=O)/C(=C/c2ccccc2OC)c2ccccc2)o1. The zero-order valence-electron chi connectivity index (χ0n) is 16.1. The molecule has 6 nitrogen and oxygen atoms in total. The molecule has 1 heterocycles. The van der Waals surface area contributed by atoms with E-state index in [-0.39, 0.29) is 12.4 Å². The lowest BCUT2D eigenvalue weighted by Crippen LogP contribution is -2.07. The highest BCUT2D eigenvalue weighted by Crippen LogP contribution is 2.26. The molecule has 0 bridgehead atoms. The Kier molecular flexibility index (Phi) is 6.47. The molecule has 148 valence electrons. The lowest BCUT2D eigenvalue weighted by Gasteiger charge is -2.10. The Morgan fingerprint density at radius 3 is 2.38 bits per heavy atom. The van der Waals surface area contributed by atoms with Crippen LogP contribution in [0, 0.1) is 0 Å². The van der Waals surface area contributed by atoms with Gasteiger partial charge in [-0.3, -0.25) is 0 Å². The third kappa shape index (κ3) is 4.93. The molecule has 3 rings (SSSR count). The molecule has 6 heteroatoms. The van der Waals surface area contributed by atoms with Crippen LogP contribution >= 0.6 is 0 Å². The first-order valence-corrected chi connectivity index (χ1v) is 8.86. The summed E-state index contributed by atoms with van der Waals surface area (Å²) in [6, 6.07) is 19.6. The second-order valence-corrected chi connectivity index (χ2v) is 6.00. The summed E-state index contributed by atoms with van der Waals surface area (Å²) in [7, 11) is 2.84. The molecule has 29 heavy (non-hydrogen) atoms. The Bertz CT molecular complexity index is 1020. The minimum Gasteiger partial charge on any atom is -0.496 e. The molecule has 0 N–H and O–H groups in total. The topological polar surface area (TPSA) is 75.0 Å². The van der Waals surface area contributed by atoms with Gasteiger partial charge in [-0.1, -0.05) is 48.5 Å². The maximum absolute atomic E-state index is 12.9. The van der Waals surface area contributed by atoms with Gasteiger partial charge in [0.1, 0.15) is 18.1 Å². The summed E-state index contributed by atoms with van der Waals surface area (Å²) in [4.78, 5) is 24.3. The van der Waals surface area contributed by atoms with Crippen molar-refractivity contribution in [3.05, 3.63) is 89.4 Å². The van der Waals surface area contributed by atoms with Crippen molar-refractivity contribution in [2.45, 2.75) is 6.61 Å². The fraction of sp³-hybridized carbons (Fsp3) is 0.130. The van der Waals surface area contributed by atoms with Crippen molar-refractivity contribution in [3.8, 4) is 5.75 Å². The number of esters is 2. The molecule has 0 saturated carbocycles. The number of carbonyl (C=O) groups is 2. The summed E-state index contributed by atoms with van der Waals surface area (Å²) in [5.74, 6) is -0.0981. The van der Waals surface area contributed by atoms with E-state index in [1.807, 2.05) is 54.6 Å². The van der Waals surface area contributed by atoms with Crippen LogP contribution < -0.4 is 4.74 Å². The van der Waals surface area contributed by atoms with E-state index in [2.05, 4.69) is 4.74 Å². The predicted molar refractivity (Wildman–Crippen MR) is 107 cm³/mol. The molecule has 0 aliphatic rings. The Balaban J connectivity index is 1.84. The van der Waals surface area contributed by atoms with Crippen LogP contribution in [0.2, 0.25) is 0 Å². The van der Waals surface area contributed by atoms with E-state index in [9.17, 15) is 9.59 Å². The Morgan fingerprint density at radius 1 is 0.931 bits per heavy atom. The molecular formula is C23H20O6. The first-order valence-electron chi connectivity index (χ1n) is 8.86. The number of carbonyl (C=O) groups excluding carboxylic acids is 2. The van der Waals surface area contributed by atoms with Gasteiger partial charge in [-0.2, -0.15) is 0 Å². The summed E-state index contributed by atoms with van der Waals surface area (Å²) >= 11 is 0. The Hall–Kier alpha value is -3.80.